The Hall–Kier alpha value is -0.870. The van der Waals surface area contributed by atoms with Crippen LogP contribution < -0.4 is 0 Å². The summed E-state index contributed by atoms with van der Waals surface area (Å²) >= 11 is 3.53. The van der Waals surface area contributed by atoms with Gasteiger partial charge in [0.25, 0.3) is 0 Å². The molecule has 16 heavy (non-hydrogen) atoms. The van der Waals surface area contributed by atoms with Crippen LogP contribution in [0, 0.1) is 0 Å². The zero-order valence-corrected chi connectivity index (χ0v) is 10.7. The molecule has 0 aliphatic carbocycles. The summed E-state index contributed by atoms with van der Waals surface area (Å²) in [6.45, 7) is 3.41. The highest BCUT2D eigenvalue weighted by molar-refractivity contribution is 9.10. The standard InChI is InChI=1S/C12H14BrN3/c13-11-4-3-7-16-9-10(14-12(11)16)8-15-5-1-2-6-15/h3-4,7,9H,1-2,5-6,8H2. The normalized spacial score (nSPS) is 17.3. The summed E-state index contributed by atoms with van der Waals surface area (Å²) in [6, 6.07) is 4.06. The molecule has 0 saturated carbocycles. The maximum absolute atomic E-state index is 4.65. The number of hydrogen-bond acceptors (Lipinski definition) is 2. The van der Waals surface area contributed by atoms with Crippen LogP contribution in [0.5, 0.6) is 0 Å². The minimum absolute atomic E-state index is 0.980. The SMILES string of the molecule is Brc1cccn2cc(CN3CCCC3)nc12. The largest absolute Gasteiger partial charge is 0.306 e. The molecule has 1 aliphatic heterocycles. The van der Waals surface area contributed by atoms with Crippen LogP contribution in [0.1, 0.15) is 18.5 Å². The van der Waals surface area contributed by atoms with E-state index in [9.17, 15) is 0 Å². The third-order valence-corrected chi connectivity index (χ3v) is 3.69. The van der Waals surface area contributed by atoms with Gasteiger partial charge >= 0.3 is 0 Å². The van der Waals surface area contributed by atoms with Gasteiger partial charge in [0, 0.05) is 18.9 Å². The van der Waals surface area contributed by atoms with Gasteiger partial charge in [0.15, 0.2) is 5.65 Å². The number of hydrogen-bond donors (Lipinski definition) is 0. The lowest BCUT2D eigenvalue weighted by Gasteiger charge is -2.11. The number of pyridine rings is 1. The molecule has 4 heteroatoms. The summed E-state index contributed by atoms with van der Waals surface area (Å²) in [5.74, 6) is 0. The van der Waals surface area contributed by atoms with Gasteiger partial charge in [-0.1, -0.05) is 0 Å². The average Bonchev–Trinajstić information content (AvgIpc) is 2.88. The van der Waals surface area contributed by atoms with Crippen LogP contribution in [-0.2, 0) is 6.54 Å². The van der Waals surface area contributed by atoms with E-state index in [1.54, 1.807) is 0 Å². The first-order valence-electron chi connectivity index (χ1n) is 5.67. The minimum atomic E-state index is 0.980. The highest BCUT2D eigenvalue weighted by Crippen LogP contribution is 2.18. The topological polar surface area (TPSA) is 20.5 Å². The number of aromatic nitrogens is 2. The van der Waals surface area contributed by atoms with Crippen molar-refractivity contribution in [1.29, 1.82) is 0 Å². The van der Waals surface area contributed by atoms with E-state index >= 15 is 0 Å². The summed E-state index contributed by atoms with van der Waals surface area (Å²) in [5, 5.41) is 0. The molecule has 0 unspecified atom stereocenters. The Balaban J connectivity index is 1.90. The molecule has 3 heterocycles. The molecular formula is C12H14BrN3. The van der Waals surface area contributed by atoms with Gasteiger partial charge in [-0.15, -0.1) is 0 Å². The molecule has 3 rings (SSSR count). The molecule has 2 aromatic rings. The second-order valence-corrected chi connectivity index (χ2v) is 5.16. The predicted molar refractivity (Wildman–Crippen MR) is 67.4 cm³/mol. The van der Waals surface area contributed by atoms with Gasteiger partial charge in [-0.3, -0.25) is 4.90 Å². The molecule has 1 fully saturated rings. The zero-order chi connectivity index (χ0) is 11.0. The van der Waals surface area contributed by atoms with Gasteiger partial charge in [0.1, 0.15) is 0 Å². The Morgan fingerprint density at radius 2 is 2.12 bits per heavy atom. The van der Waals surface area contributed by atoms with Crippen LogP contribution >= 0.6 is 15.9 Å². The molecular weight excluding hydrogens is 266 g/mol. The Morgan fingerprint density at radius 3 is 2.88 bits per heavy atom. The van der Waals surface area contributed by atoms with Crippen molar-refractivity contribution in [2.45, 2.75) is 19.4 Å². The highest BCUT2D eigenvalue weighted by Gasteiger charge is 2.13. The van der Waals surface area contributed by atoms with Crippen molar-refractivity contribution >= 4 is 21.6 Å². The molecule has 0 atom stereocenters. The summed E-state index contributed by atoms with van der Waals surface area (Å²) in [4.78, 5) is 7.12. The lowest BCUT2D eigenvalue weighted by Crippen LogP contribution is -2.18. The van der Waals surface area contributed by atoms with E-state index in [0.29, 0.717) is 0 Å². The van der Waals surface area contributed by atoms with Gasteiger partial charge in [-0.05, 0) is 54.0 Å². The van der Waals surface area contributed by atoms with Crippen LogP contribution in [-0.4, -0.2) is 27.4 Å². The second-order valence-electron chi connectivity index (χ2n) is 4.30. The number of halogens is 1. The zero-order valence-electron chi connectivity index (χ0n) is 9.06. The van der Waals surface area contributed by atoms with Crippen molar-refractivity contribution in [1.82, 2.24) is 14.3 Å². The summed E-state index contributed by atoms with van der Waals surface area (Å²) in [7, 11) is 0. The fourth-order valence-corrected chi connectivity index (χ4v) is 2.72. The average molecular weight is 280 g/mol. The molecule has 0 aromatic carbocycles. The molecule has 84 valence electrons. The number of nitrogens with zero attached hydrogens (tertiary/aromatic N) is 3. The van der Waals surface area contributed by atoms with Crippen molar-refractivity contribution in [3.05, 3.63) is 34.7 Å². The Morgan fingerprint density at radius 1 is 1.31 bits per heavy atom. The molecule has 0 bridgehead atoms. The fraction of sp³-hybridized carbons (Fsp3) is 0.417. The third-order valence-electron chi connectivity index (χ3n) is 3.07. The van der Waals surface area contributed by atoms with Gasteiger partial charge in [0.2, 0.25) is 0 Å². The Labute approximate surface area is 103 Å². The van der Waals surface area contributed by atoms with Gasteiger partial charge in [-0.25, -0.2) is 4.98 Å². The van der Waals surface area contributed by atoms with Crippen LogP contribution in [0.2, 0.25) is 0 Å². The van der Waals surface area contributed by atoms with Crippen molar-refractivity contribution in [3.8, 4) is 0 Å². The van der Waals surface area contributed by atoms with E-state index in [1.807, 2.05) is 18.3 Å². The summed E-state index contributed by atoms with van der Waals surface area (Å²) in [5.41, 5.74) is 2.17. The third kappa shape index (κ3) is 1.87. The molecule has 0 radical (unpaired) electrons. The van der Waals surface area contributed by atoms with Crippen LogP contribution in [0.25, 0.3) is 5.65 Å². The first-order chi connectivity index (χ1) is 7.83. The van der Waals surface area contributed by atoms with E-state index < -0.39 is 0 Å². The molecule has 1 saturated heterocycles. The summed E-state index contributed by atoms with van der Waals surface area (Å²) < 4.78 is 3.14. The van der Waals surface area contributed by atoms with Crippen LogP contribution in [0.3, 0.4) is 0 Å². The molecule has 2 aromatic heterocycles. The minimum Gasteiger partial charge on any atom is -0.306 e. The van der Waals surface area contributed by atoms with E-state index in [1.165, 1.54) is 25.9 Å². The van der Waals surface area contributed by atoms with Crippen molar-refractivity contribution < 1.29 is 0 Å². The maximum atomic E-state index is 4.65. The van der Waals surface area contributed by atoms with Crippen LogP contribution in [0.15, 0.2) is 29.0 Å². The lowest BCUT2D eigenvalue weighted by atomic mass is 10.4. The highest BCUT2D eigenvalue weighted by atomic mass is 79.9. The van der Waals surface area contributed by atoms with E-state index in [-0.39, 0.29) is 0 Å². The molecule has 0 amide bonds. The van der Waals surface area contributed by atoms with Crippen molar-refractivity contribution in [3.63, 3.8) is 0 Å². The first kappa shape index (κ1) is 10.3. The lowest BCUT2D eigenvalue weighted by molar-refractivity contribution is 0.328. The number of imidazole rings is 1. The Bertz CT molecular complexity index is 500. The van der Waals surface area contributed by atoms with Crippen LogP contribution in [0.4, 0.5) is 0 Å². The van der Waals surface area contributed by atoms with Crippen molar-refractivity contribution in [2.75, 3.05) is 13.1 Å². The molecule has 1 aliphatic rings. The number of likely N-dealkylation sites (tertiary alicyclic amines) is 1. The quantitative estimate of drug-likeness (QED) is 0.843. The van der Waals surface area contributed by atoms with Crippen molar-refractivity contribution in [2.24, 2.45) is 0 Å². The maximum Gasteiger partial charge on any atom is 0.151 e. The van der Waals surface area contributed by atoms with E-state index in [0.717, 1.165) is 22.4 Å². The molecule has 3 nitrogen and oxygen atoms in total. The first-order valence-corrected chi connectivity index (χ1v) is 6.47. The Kier molecular flexibility index (Phi) is 2.69. The second kappa shape index (κ2) is 4.18. The van der Waals surface area contributed by atoms with Gasteiger partial charge in [0.05, 0.1) is 10.2 Å². The number of rotatable bonds is 2. The van der Waals surface area contributed by atoms with Gasteiger partial charge in [-0.2, -0.15) is 0 Å². The smallest absolute Gasteiger partial charge is 0.151 e. The monoisotopic (exact) mass is 279 g/mol. The fourth-order valence-electron chi connectivity index (χ4n) is 2.28. The van der Waals surface area contributed by atoms with Gasteiger partial charge < -0.3 is 4.40 Å². The molecule has 0 N–H and O–H groups in total. The van der Waals surface area contributed by atoms with E-state index in [4.69, 9.17) is 0 Å². The van der Waals surface area contributed by atoms with E-state index in [2.05, 4.69) is 36.4 Å². The molecule has 0 spiro atoms. The number of fused-ring (bicyclic) bond motifs is 1. The predicted octanol–water partition coefficient (Wildman–Crippen LogP) is 2.69. The summed E-state index contributed by atoms with van der Waals surface area (Å²) in [6.07, 6.45) is 6.83.